The van der Waals surface area contributed by atoms with Crippen molar-refractivity contribution in [1.29, 1.82) is 0 Å². The number of carbonyl (C=O) groups excluding carboxylic acids is 1. The number of aromatic nitrogens is 2. The smallest absolute Gasteiger partial charge is 0.266 e. The molecule has 0 bridgehead atoms. The zero-order chi connectivity index (χ0) is 18.5. The van der Waals surface area contributed by atoms with Crippen LogP contribution in [-0.4, -0.2) is 60.1 Å². The summed E-state index contributed by atoms with van der Waals surface area (Å²) in [6.45, 7) is 5.44. The molecule has 7 nitrogen and oxygen atoms in total. The molecule has 2 heterocycles. The lowest BCUT2D eigenvalue weighted by molar-refractivity contribution is -0.122. The Morgan fingerprint density at radius 1 is 1.23 bits per heavy atom. The van der Waals surface area contributed by atoms with E-state index in [0.29, 0.717) is 16.6 Å². The number of hydrogen-bond donors (Lipinski definition) is 1. The molecule has 1 atom stereocenters. The van der Waals surface area contributed by atoms with E-state index >= 15 is 0 Å². The molecule has 1 N–H and O–H groups in total. The topological polar surface area (TPSA) is 70.6 Å². The molecule has 1 fully saturated rings. The van der Waals surface area contributed by atoms with Crippen molar-refractivity contribution in [1.82, 2.24) is 14.9 Å². The molecule has 2 aromatic rings. The number of nitrogens with one attached hydrogen (secondary N) is 1. The highest BCUT2D eigenvalue weighted by Gasteiger charge is 2.18. The van der Waals surface area contributed by atoms with Gasteiger partial charge in [-0.3, -0.25) is 4.79 Å². The van der Waals surface area contributed by atoms with Crippen molar-refractivity contribution in [3.8, 4) is 5.75 Å². The van der Waals surface area contributed by atoms with Gasteiger partial charge in [0.15, 0.2) is 6.10 Å². The van der Waals surface area contributed by atoms with Gasteiger partial charge in [0, 0.05) is 37.3 Å². The number of carbonyl (C=O) groups is 1. The van der Waals surface area contributed by atoms with Crippen LogP contribution in [0.15, 0.2) is 36.7 Å². The number of halogens is 1. The van der Waals surface area contributed by atoms with E-state index in [2.05, 4.69) is 32.1 Å². The van der Waals surface area contributed by atoms with Gasteiger partial charge in [-0.15, -0.1) is 0 Å². The summed E-state index contributed by atoms with van der Waals surface area (Å²) in [6.07, 6.45) is 0.779. The molecule has 1 aliphatic heterocycles. The van der Waals surface area contributed by atoms with Crippen molar-refractivity contribution in [2.75, 3.05) is 43.4 Å². The molecule has 0 radical (unpaired) electrons. The standard InChI is InChI=1S/C18H22ClN5O2/c1-13(26-15-5-3-4-14(19)10-15)18(25)22-16-11-17(21-12-20-16)24-8-6-23(2)7-9-24/h3-5,10-13H,6-9H2,1-2H3,(H,20,21,22,25). The third-order valence-corrected chi connectivity index (χ3v) is 4.44. The van der Waals surface area contributed by atoms with Crippen LogP contribution in [0.5, 0.6) is 5.75 Å². The molecule has 3 rings (SSSR count). The first-order valence-corrected chi connectivity index (χ1v) is 8.87. The molecule has 138 valence electrons. The number of hydrogen-bond acceptors (Lipinski definition) is 6. The number of nitrogens with zero attached hydrogens (tertiary/aromatic N) is 4. The van der Waals surface area contributed by atoms with E-state index in [4.69, 9.17) is 16.3 Å². The lowest BCUT2D eigenvalue weighted by atomic mass is 10.3. The molecule has 1 aromatic carbocycles. The minimum absolute atomic E-state index is 0.284. The molecule has 26 heavy (non-hydrogen) atoms. The highest BCUT2D eigenvalue weighted by molar-refractivity contribution is 6.30. The Bertz CT molecular complexity index is 765. The van der Waals surface area contributed by atoms with Gasteiger partial charge in [0.2, 0.25) is 0 Å². The number of benzene rings is 1. The van der Waals surface area contributed by atoms with E-state index in [1.807, 2.05) is 0 Å². The second-order valence-corrected chi connectivity index (χ2v) is 6.69. The molecular formula is C18H22ClN5O2. The van der Waals surface area contributed by atoms with E-state index in [0.717, 1.165) is 32.0 Å². The Labute approximate surface area is 157 Å². The first-order valence-electron chi connectivity index (χ1n) is 8.50. The van der Waals surface area contributed by atoms with Gasteiger partial charge < -0.3 is 19.9 Å². The number of amides is 1. The fraction of sp³-hybridized carbons (Fsp3) is 0.389. The highest BCUT2D eigenvalue weighted by Crippen LogP contribution is 2.19. The molecule has 1 saturated heterocycles. The van der Waals surface area contributed by atoms with E-state index in [9.17, 15) is 4.79 Å². The van der Waals surface area contributed by atoms with Crippen LogP contribution in [0.3, 0.4) is 0 Å². The molecule has 1 aliphatic rings. The zero-order valence-corrected chi connectivity index (χ0v) is 15.6. The number of anilines is 2. The summed E-state index contributed by atoms with van der Waals surface area (Å²) in [5, 5.41) is 3.34. The fourth-order valence-electron chi connectivity index (χ4n) is 2.65. The van der Waals surface area contributed by atoms with Gasteiger partial charge in [-0.25, -0.2) is 9.97 Å². The third-order valence-electron chi connectivity index (χ3n) is 4.21. The molecule has 0 aliphatic carbocycles. The van der Waals surface area contributed by atoms with Crippen molar-refractivity contribution < 1.29 is 9.53 Å². The summed E-state index contributed by atoms with van der Waals surface area (Å²) in [7, 11) is 2.10. The summed E-state index contributed by atoms with van der Waals surface area (Å²) in [5.74, 6) is 1.53. The van der Waals surface area contributed by atoms with Crippen LogP contribution in [0.4, 0.5) is 11.6 Å². The van der Waals surface area contributed by atoms with Crippen molar-refractivity contribution in [3.05, 3.63) is 41.7 Å². The van der Waals surface area contributed by atoms with E-state index < -0.39 is 6.10 Å². The Morgan fingerprint density at radius 3 is 2.73 bits per heavy atom. The van der Waals surface area contributed by atoms with Crippen molar-refractivity contribution in [3.63, 3.8) is 0 Å². The monoisotopic (exact) mass is 375 g/mol. The van der Waals surface area contributed by atoms with Crippen molar-refractivity contribution in [2.24, 2.45) is 0 Å². The summed E-state index contributed by atoms with van der Waals surface area (Å²) in [4.78, 5) is 25.3. The fourth-order valence-corrected chi connectivity index (χ4v) is 2.83. The Kier molecular flexibility index (Phi) is 5.90. The van der Waals surface area contributed by atoms with E-state index in [-0.39, 0.29) is 5.91 Å². The predicted molar refractivity (Wildman–Crippen MR) is 102 cm³/mol. The Morgan fingerprint density at radius 2 is 2.00 bits per heavy atom. The highest BCUT2D eigenvalue weighted by atomic mass is 35.5. The van der Waals surface area contributed by atoms with Crippen LogP contribution in [-0.2, 0) is 4.79 Å². The number of rotatable bonds is 5. The number of likely N-dealkylation sites (N-methyl/N-ethyl adjacent to an activating group) is 1. The summed E-state index contributed by atoms with van der Waals surface area (Å²) >= 11 is 5.93. The largest absolute Gasteiger partial charge is 0.481 e. The number of piperazine rings is 1. The van der Waals surface area contributed by atoms with E-state index in [1.54, 1.807) is 37.3 Å². The summed E-state index contributed by atoms with van der Waals surface area (Å²) in [5.41, 5.74) is 0. The van der Waals surface area contributed by atoms with Crippen molar-refractivity contribution in [2.45, 2.75) is 13.0 Å². The van der Waals surface area contributed by atoms with Gasteiger partial charge >= 0.3 is 0 Å². The maximum Gasteiger partial charge on any atom is 0.266 e. The van der Waals surface area contributed by atoms with Gasteiger partial charge in [0.05, 0.1) is 0 Å². The van der Waals surface area contributed by atoms with Gasteiger partial charge in [-0.1, -0.05) is 17.7 Å². The van der Waals surface area contributed by atoms with Crippen LogP contribution >= 0.6 is 11.6 Å². The molecule has 1 aromatic heterocycles. The van der Waals surface area contributed by atoms with E-state index in [1.165, 1.54) is 6.33 Å². The van der Waals surface area contributed by atoms with Crippen molar-refractivity contribution >= 4 is 29.1 Å². The Hall–Kier alpha value is -2.38. The molecule has 1 amide bonds. The zero-order valence-electron chi connectivity index (χ0n) is 14.9. The van der Waals surface area contributed by atoms with Crippen LogP contribution < -0.4 is 15.0 Å². The maximum atomic E-state index is 12.4. The third kappa shape index (κ3) is 4.83. The molecular weight excluding hydrogens is 354 g/mol. The van der Waals surface area contributed by atoms with Gasteiger partial charge in [-0.2, -0.15) is 0 Å². The summed E-state index contributed by atoms with van der Waals surface area (Å²) in [6, 6.07) is 8.73. The number of ether oxygens (including phenoxy) is 1. The molecule has 0 spiro atoms. The second kappa shape index (κ2) is 8.33. The SMILES string of the molecule is CC(Oc1cccc(Cl)c1)C(=O)Nc1cc(N2CCN(C)CC2)ncn1. The first-order chi connectivity index (χ1) is 12.5. The summed E-state index contributed by atoms with van der Waals surface area (Å²) < 4.78 is 5.63. The lowest BCUT2D eigenvalue weighted by Crippen LogP contribution is -2.44. The molecule has 0 saturated carbocycles. The van der Waals surface area contributed by atoms with Gasteiger partial charge in [-0.05, 0) is 32.2 Å². The first kappa shape index (κ1) is 18.4. The second-order valence-electron chi connectivity index (χ2n) is 6.26. The molecule has 8 heteroatoms. The normalized spacial score (nSPS) is 16.2. The van der Waals surface area contributed by atoms with Crippen LogP contribution in [0.1, 0.15) is 6.92 Å². The minimum atomic E-state index is -0.685. The minimum Gasteiger partial charge on any atom is -0.481 e. The van der Waals surface area contributed by atoms with Crippen LogP contribution in [0.2, 0.25) is 5.02 Å². The average Bonchev–Trinajstić information content (AvgIpc) is 2.62. The average molecular weight is 376 g/mol. The predicted octanol–water partition coefficient (Wildman–Crippen LogP) is 2.29. The Balaban J connectivity index is 1.61. The quantitative estimate of drug-likeness (QED) is 0.864. The lowest BCUT2D eigenvalue weighted by Gasteiger charge is -2.33. The maximum absolute atomic E-state index is 12.4. The van der Waals surface area contributed by atoms with Crippen LogP contribution in [0, 0.1) is 0 Å². The molecule has 1 unspecified atom stereocenters. The van der Waals surface area contributed by atoms with Gasteiger partial charge in [0.25, 0.3) is 5.91 Å². The van der Waals surface area contributed by atoms with Gasteiger partial charge in [0.1, 0.15) is 23.7 Å². The van der Waals surface area contributed by atoms with Crippen LogP contribution in [0.25, 0.3) is 0 Å².